The number of aliphatic hydroxyl groups is 1. The van der Waals surface area contributed by atoms with Crippen molar-refractivity contribution in [3.8, 4) is 22.3 Å². The Morgan fingerprint density at radius 2 is 1.52 bits per heavy atom. The quantitative estimate of drug-likeness (QED) is 0.389. The second-order valence-corrected chi connectivity index (χ2v) is 9.67. The summed E-state index contributed by atoms with van der Waals surface area (Å²) in [5.41, 5.74) is 1.76. The number of hydrogen-bond donors (Lipinski definition) is 1. The average Bonchev–Trinajstić information content (AvgIpc) is 2.81. The molecule has 0 radical (unpaired) electrons. The van der Waals surface area contributed by atoms with Gasteiger partial charge in [0.05, 0.1) is 21.7 Å². The van der Waals surface area contributed by atoms with E-state index < -0.39 is 21.6 Å². The third-order valence-corrected chi connectivity index (χ3v) is 7.15. The van der Waals surface area contributed by atoms with Gasteiger partial charge in [-0.05, 0) is 59.0 Å². The normalized spacial score (nSPS) is 12.2. The van der Waals surface area contributed by atoms with E-state index in [-0.39, 0.29) is 29.2 Å². The highest BCUT2D eigenvalue weighted by molar-refractivity contribution is 7.91. The van der Waals surface area contributed by atoms with Gasteiger partial charge in [0, 0.05) is 18.2 Å². The average molecular weight is 472 g/mol. The minimum Gasteiger partial charge on any atom is -0.396 e. The maximum Gasteiger partial charge on any atom is 0.418 e. The van der Waals surface area contributed by atoms with Crippen LogP contribution in [0.2, 0.25) is 0 Å². The monoisotopic (exact) mass is 471 g/mol. The summed E-state index contributed by atoms with van der Waals surface area (Å²) in [6.07, 6.45) is -3.01. The molecule has 0 unspecified atom stereocenters. The van der Waals surface area contributed by atoms with Gasteiger partial charge < -0.3 is 5.11 Å². The third-order valence-electron chi connectivity index (χ3n) is 5.35. The molecule has 3 aromatic carbocycles. The highest BCUT2D eigenvalue weighted by atomic mass is 32.2. The van der Waals surface area contributed by atoms with E-state index in [0.717, 1.165) is 11.6 Å². The van der Waals surface area contributed by atoms with Gasteiger partial charge in [-0.2, -0.15) is 13.2 Å². The van der Waals surface area contributed by atoms with Gasteiger partial charge in [0.15, 0.2) is 9.84 Å². The van der Waals surface area contributed by atoms with Crippen molar-refractivity contribution in [1.29, 1.82) is 0 Å². The topological polar surface area (TPSA) is 67.3 Å². The molecule has 4 nitrogen and oxygen atoms in total. The van der Waals surface area contributed by atoms with E-state index in [2.05, 4.69) is 4.98 Å². The fourth-order valence-corrected chi connectivity index (χ4v) is 5.10. The molecule has 0 spiro atoms. The van der Waals surface area contributed by atoms with Crippen molar-refractivity contribution in [2.24, 2.45) is 0 Å². The van der Waals surface area contributed by atoms with E-state index in [0.29, 0.717) is 22.1 Å². The van der Waals surface area contributed by atoms with Crippen LogP contribution in [-0.2, 0) is 16.0 Å². The van der Waals surface area contributed by atoms with Gasteiger partial charge in [-0.3, -0.25) is 4.98 Å². The summed E-state index contributed by atoms with van der Waals surface area (Å²) in [6, 6.07) is 19.3. The number of sulfone groups is 1. The smallest absolute Gasteiger partial charge is 0.396 e. The molecule has 1 N–H and O–H groups in total. The van der Waals surface area contributed by atoms with E-state index in [1.54, 1.807) is 42.5 Å². The summed E-state index contributed by atoms with van der Waals surface area (Å²) >= 11 is 0. The molecule has 0 bridgehead atoms. The summed E-state index contributed by atoms with van der Waals surface area (Å²) in [7, 11) is -3.54. The first kappa shape index (κ1) is 22.9. The molecule has 0 saturated heterocycles. The van der Waals surface area contributed by atoms with Gasteiger partial charge in [-0.1, -0.05) is 42.5 Å². The van der Waals surface area contributed by atoms with Crippen LogP contribution in [0.3, 0.4) is 0 Å². The van der Waals surface area contributed by atoms with Crippen molar-refractivity contribution < 1.29 is 26.7 Å². The van der Waals surface area contributed by atoms with Crippen molar-refractivity contribution >= 4 is 20.7 Å². The number of aliphatic hydroxyl groups excluding tert-OH is 1. The van der Waals surface area contributed by atoms with E-state index in [4.69, 9.17) is 5.11 Å². The zero-order valence-corrected chi connectivity index (χ0v) is 18.2. The fraction of sp³-hybridized carbons (Fsp3) is 0.160. The van der Waals surface area contributed by atoms with Gasteiger partial charge in [-0.15, -0.1) is 0 Å². The minimum absolute atomic E-state index is 0.120. The number of hydrogen-bond acceptors (Lipinski definition) is 4. The number of fused-ring (bicyclic) bond motifs is 1. The Morgan fingerprint density at radius 3 is 2.24 bits per heavy atom. The number of pyridine rings is 1. The van der Waals surface area contributed by atoms with Gasteiger partial charge in [0.25, 0.3) is 0 Å². The molecule has 4 rings (SSSR count). The maximum atomic E-state index is 13.4. The van der Waals surface area contributed by atoms with Crippen LogP contribution in [0.1, 0.15) is 12.0 Å². The van der Waals surface area contributed by atoms with Crippen LogP contribution in [-0.4, -0.2) is 30.9 Å². The number of alkyl halides is 3. The molecule has 0 amide bonds. The molecular weight excluding hydrogens is 451 g/mol. The molecule has 0 aliphatic carbocycles. The molecule has 1 aromatic heterocycles. The molecule has 33 heavy (non-hydrogen) atoms. The Labute approximate surface area is 189 Å². The zero-order valence-electron chi connectivity index (χ0n) is 17.4. The SMILES string of the molecule is O=S(=O)(CCCO)c1cccc(-c2cccc(-c3ccnc4c(C(F)(F)F)cccc34)c2)c1. The largest absolute Gasteiger partial charge is 0.418 e. The summed E-state index contributed by atoms with van der Waals surface area (Å²) in [5.74, 6) is -0.155. The first-order valence-electron chi connectivity index (χ1n) is 10.2. The predicted octanol–water partition coefficient (Wildman–Crippen LogP) is 5.74. The fourth-order valence-electron chi connectivity index (χ4n) is 3.76. The molecular formula is C25H20F3NO3S. The van der Waals surface area contributed by atoms with Crippen LogP contribution in [0, 0.1) is 0 Å². The maximum absolute atomic E-state index is 13.4. The molecule has 8 heteroatoms. The Morgan fingerprint density at radius 1 is 0.848 bits per heavy atom. The zero-order chi connectivity index (χ0) is 23.6. The lowest BCUT2D eigenvalue weighted by Gasteiger charge is -2.13. The second-order valence-electron chi connectivity index (χ2n) is 7.56. The van der Waals surface area contributed by atoms with Gasteiger partial charge in [-0.25, -0.2) is 8.42 Å². The summed E-state index contributed by atoms with van der Waals surface area (Å²) in [6.45, 7) is -0.211. The summed E-state index contributed by atoms with van der Waals surface area (Å²) in [5, 5.41) is 9.33. The van der Waals surface area contributed by atoms with Crippen molar-refractivity contribution in [3.05, 3.63) is 84.6 Å². The molecule has 0 saturated carbocycles. The third kappa shape index (κ3) is 4.77. The minimum atomic E-state index is -4.52. The summed E-state index contributed by atoms with van der Waals surface area (Å²) in [4.78, 5) is 4.13. The van der Waals surface area contributed by atoms with Crippen molar-refractivity contribution in [2.75, 3.05) is 12.4 Å². The lowest BCUT2D eigenvalue weighted by atomic mass is 9.96. The number of benzene rings is 3. The molecule has 1 heterocycles. The predicted molar refractivity (Wildman–Crippen MR) is 121 cm³/mol. The van der Waals surface area contributed by atoms with Crippen molar-refractivity contribution in [1.82, 2.24) is 4.98 Å². The standard InChI is InChI=1S/C25H20F3NO3S/c26-25(27,28)23-10-3-9-22-21(11-12-29-24(22)23)19-7-1-5-17(15-19)18-6-2-8-20(16-18)33(31,32)14-4-13-30/h1-3,5-12,15-16,30H,4,13-14H2. The van der Waals surface area contributed by atoms with E-state index >= 15 is 0 Å². The number of aromatic nitrogens is 1. The Bertz CT molecular complexity index is 1420. The van der Waals surface area contributed by atoms with Crippen molar-refractivity contribution in [2.45, 2.75) is 17.5 Å². The summed E-state index contributed by atoms with van der Waals surface area (Å²) < 4.78 is 65.4. The van der Waals surface area contributed by atoms with Crippen LogP contribution in [0.25, 0.3) is 33.2 Å². The van der Waals surface area contributed by atoms with Crippen LogP contribution < -0.4 is 0 Å². The first-order valence-corrected chi connectivity index (χ1v) is 11.9. The molecule has 0 aliphatic rings. The highest BCUT2D eigenvalue weighted by Gasteiger charge is 2.33. The van der Waals surface area contributed by atoms with Crippen LogP contribution in [0.5, 0.6) is 0 Å². The van der Waals surface area contributed by atoms with Crippen molar-refractivity contribution in [3.63, 3.8) is 0 Å². The van der Waals surface area contributed by atoms with E-state index in [1.807, 2.05) is 12.1 Å². The highest BCUT2D eigenvalue weighted by Crippen LogP contribution is 2.37. The van der Waals surface area contributed by atoms with Crippen LogP contribution in [0.4, 0.5) is 13.2 Å². The molecule has 170 valence electrons. The van der Waals surface area contributed by atoms with Crippen LogP contribution in [0.15, 0.2) is 83.9 Å². The van der Waals surface area contributed by atoms with Gasteiger partial charge in [0.2, 0.25) is 0 Å². The number of nitrogens with zero attached hydrogens (tertiary/aromatic N) is 1. The van der Waals surface area contributed by atoms with E-state index in [1.165, 1.54) is 18.3 Å². The number of halogens is 3. The van der Waals surface area contributed by atoms with Gasteiger partial charge in [0.1, 0.15) is 0 Å². The van der Waals surface area contributed by atoms with Crippen LogP contribution >= 0.6 is 0 Å². The van der Waals surface area contributed by atoms with E-state index in [9.17, 15) is 21.6 Å². The first-order chi connectivity index (χ1) is 15.7. The number of rotatable bonds is 6. The molecule has 0 aliphatic heterocycles. The Hall–Kier alpha value is -3.23. The lowest BCUT2D eigenvalue weighted by molar-refractivity contribution is -0.136. The Balaban J connectivity index is 1.79. The molecule has 0 atom stereocenters. The second kappa shape index (κ2) is 8.96. The number of para-hydroxylation sites is 1. The lowest BCUT2D eigenvalue weighted by Crippen LogP contribution is -2.08. The Kier molecular flexibility index (Phi) is 6.23. The molecule has 4 aromatic rings. The molecule has 0 fully saturated rings. The van der Waals surface area contributed by atoms with Gasteiger partial charge >= 0.3 is 6.18 Å².